The molecular weight excluding hydrogens is 294 g/mol. The minimum absolute atomic E-state index is 0.773. The van der Waals surface area contributed by atoms with Gasteiger partial charge in [0.2, 0.25) is 0 Å². The van der Waals surface area contributed by atoms with Gasteiger partial charge in [-0.25, -0.2) is 0 Å². The Morgan fingerprint density at radius 2 is 2.28 bits per heavy atom. The van der Waals surface area contributed by atoms with Crippen molar-refractivity contribution in [2.24, 2.45) is 0 Å². The fraction of sp³-hybridized carbons (Fsp3) is 0.571. The topological polar surface area (TPSA) is 30.5 Å². The van der Waals surface area contributed by atoms with Crippen LogP contribution in [0.3, 0.4) is 0 Å². The normalized spacial score (nSPS) is 13.4. The van der Waals surface area contributed by atoms with Crippen LogP contribution in [-0.4, -0.2) is 33.4 Å². The van der Waals surface area contributed by atoms with E-state index in [2.05, 4.69) is 33.4 Å². The first-order valence-electron chi connectivity index (χ1n) is 6.45. The van der Waals surface area contributed by atoms with Crippen molar-refractivity contribution in [2.45, 2.75) is 19.3 Å². The van der Waals surface area contributed by atoms with Gasteiger partial charge in [0.05, 0.1) is 13.2 Å². The SMILES string of the molecule is COCCNCCCc1cc(Br)cc2c1OCC2. The molecule has 0 amide bonds. The highest BCUT2D eigenvalue weighted by atomic mass is 79.9. The Hall–Kier alpha value is -0.580. The molecule has 0 spiro atoms. The zero-order valence-electron chi connectivity index (χ0n) is 10.8. The lowest BCUT2D eigenvalue weighted by molar-refractivity contribution is 0.199. The zero-order valence-corrected chi connectivity index (χ0v) is 12.4. The first kappa shape index (κ1) is 13.8. The fourth-order valence-electron chi connectivity index (χ4n) is 2.23. The van der Waals surface area contributed by atoms with E-state index in [9.17, 15) is 0 Å². The number of aryl methyl sites for hydroxylation is 1. The first-order chi connectivity index (χ1) is 8.81. The van der Waals surface area contributed by atoms with Crippen LogP contribution in [0, 0.1) is 0 Å². The Morgan fingerprint density at radius 1 is 1.39 bits per heavy atom. The van der Waals surface area contributed by atoms with Crippen molar-refractivity contribution < 1.29 is 9.47 Å². The number of fused-ring (bicyclic) bond motifs is 1. The number of hydrogen-bond acceptors (Lipinski definition) is 3. The molecule has 0 aromatic heterocycles. The molecule has 0 saturated carbocycles. The van der Waals surface area contributed by atoms with Crippen molar-refractivity contribution in [3.63, 3.8) is 0 Å². The van der Waals surface area contributed by atoms with Gasteiger partial charge in [-0.1, -0.05) is 15.9 Å². The third-order valence-electron chi connectivity index (χ3n) is 3.11. The average Bonchev–Trinajstić information content (AvgIpc) is 2.81. The predicted octanol–water partition coefficient (Wildman–Crippen LogP) is 2.55. The first-order valence-corrected chi connectivity index (χ1v) is 7.24. The summed E-state index contributed by atoms with van der Waals surface area (Å²) >= 11 is 3.57. The van der Waals surface area contributed by atoms with E-state index >= 15 is 0 Å². The maximum absolute atomic E-state index is 5.72. The Morgan fingerprint density at radius 3 is 3.11 bits per heavy atom. The molecule has 100 valence electrons. The monoisotopic (exact) mass is 313 g/mol. The van der Waals surface area contributed by atoms with E-state index in [1.165, 1.54) is 11.1 Å². The molecule has 3 nitrogen and oxygen atoms in total. The van der Waals surface area contributed by atoms with Gasteiger partial charge < -0.3 is 14.8 Å². The summed E-state index contributed by atoms with van der Waals surface area (Å²) in [4.78, 5) is 0. The molecule has 1 aromatic carbocycles. The van der Waals surface area contributed by atoms with E-state index in [0.29, 0.717) is 0 Å². The summed E-state index contributed by atoms with van der Waals surface area (Å²) in [5, 5.41) is 3.36. The molecule has 0 aliphatic carbocycles. The lowest BCUT2D eigenvalue weighted by Gasteiger charge is -2.09. The summed E-state index contributed by atoms with van der Waals surface area (Å²) in [7, 11) is 1.73. The molecule has 0 atom stereocenters. The lowest BCUT2D eigenvalue weighted by Crippen LogP contribution is -2.20. The number of rotatable bonds is 7. The molecule has 1 aliphatic rings. The van der Waals surface area contributed by atoms with Gasteiger partial charge in [0.1, 0.15) is 5.75 Å². The summed E-state index contributed by atoms with van der Waals surface area (Å²) in [5.41, 5.74) is 2.66. The second-order valence-electron chi connectivity index (χ2n) is 4.50. The number of halogens is 1. The van der Waals surface area contributed by atoms with E-state index in [-0.39, 0.29) is 0 Å². The molecule has 0 bridgehead atoms. The van der Waals surface area contributed by atoms with Gasteiger partial charge in [-0.3, -0.25) is 0 Å². The average molecular weight is 314 g/mol. The van der Waals surface area contributed by atoms with Crippen LogP contribution in [-0.2, 0) is 17.6 Å². The molecule has 0 fully saturated rings. The summed E-state index contributed by atoms with van der Waals surface area (Å²) in [5.74, 6) is 1.12. The second-order valence-corrected chi connectivity index (χ2v) is 5.41. The van der Waals surface area contributed by atoms with Gasteiger partial charge >= 0.3 is 0 Å². The summed E-state index contributed by atoms with van der Waals surface area (Å²) in [6, 6.07) is 4.35. The third-order valence-corrected chi connectivity index (χ3v) is 3.57. The van der Waals surface area contributed by atoms with E-state index in [0.717, 1.165) is 55.8 Å². The van der Waals surface area contributed by atoms with E-state index < -0.39 is 0 Å². The van der Waals surface area contributed by atoms with E-state index in [4.69, 9.17) is 9.47 Å². The number of ether oxygens (including phenoxy) is 2. The standard InChI is InChI=1S/C14H20BrNO2/c1-17-8-6-16-5-2-3-11-9-13(15)10-12-4-7-18-14(11)12/h9-10,16H,2-8H2,1H3. The summed E-state index contributed by atoms with van der Waals surface area (Å²) in [6.07, 6.45) is 3.21. The van der Waals surface area contributed by atoms with Crippen molar-refractivity contribution in [3.8, 4) is 5.75 Å². The highest BCUT2D eigenvalue weighted by Gasteiger charge is 2.16. The quantitative estimate of drug-likeness (QED) is 0.785. The largest absolute Gasteiger partial charge is 0.493 e. The molecular formula is C14H20BrNO2. The van der Waals surface area contributed by atoms with Crippen molar-refractivity contribution in [3.05, 3.63) is 27.7 Å². The number of hydrogen-bond donors (Lipinski definition) is 1. The predicted molar refractivity (Wildman–Crippen MR) is 76.4 cm³/mol. The van der Waals surface area contributed by atoms with Gasteiger partial charge in [-0.05, 0) is 42.6 Å². The molecule has 0 radical (unpaired) electrons. The molecule has 1 heterocycles. The Balaban J connectivity index is 1.82. The maximum Gasteiger partial charge on any atom is 0.125 e. The van der Waals surface area contributed by atoms with Gasteiger partial charge in [-0.15, -0.1) is 0 Å². The summed E-state index contributed by atoms with van der Waals surface area (Å²) < 4.78 is 11.9. The van der Waals surface area contributed by atoms with Crippen molar-refractivity contribution in [2.75, 3.05) is 33.4 Å². The molecule has 4 heteroatoms. The lowest BCUT2D eigenvalue weighted by atomic mass is 10.0. The van der Waals surface area contributed by atoms with Crippen molar-refractivity contribution >= 4 is 15.9 Å². The molecule has 1 N–H and O–H groups in total. The smallest absolute Gasteiger partial charge is 0.125 e. The number of nitrogens with one attached hydrogen (secondary N) is 1. The van der Waals surface area contributed by atoms with E-state index in [1.54, 1.807) is 7.11 Å². The van der Waals surface area contributed by atoms with Crippen LogP contribution in [0.4, 0.5) is 0 Å². The molecule has 18 heavy (non-hydrogen) atoms. The molecule has 1 aliphatic heterocycles. The maximum atomic E-state index is 5.72. The van der Waals surface area contributed by atoms with Gasteiger partial charge in [0.25, 0.3) is 0 Å². The second kappa shape index (κ2) is 7.12. The van der Waals surface area contributed by atoms with Crippen LogP contribution in [0.15, 0.2) is 16.6 Å². The summed E-state index contributed by atoms with van der Waals surface area (Å²) in [6.45, 7) is 3.54. The third kappa shape index (κ3) is 3.70. The van der Waals surface area contributed by atoms with Crippen LogP contribution in [0.1, 0.15) is 17.5 Å². The fourth-order valence-corrected chi connectivity index (χ4v) is 2.79. The molecule has 1 aromatic rings. The molecule has 0 saturated heterocycles. The van der Waals surface area contributed by atoms with Gasteiger partial charge in [-0.2, -0.15) is 0 Å². The minimum atomic E-state index is 0.773. The Labute approximate surface area is 117 Å². The Kier molecular flexibility index (Phi) is 5.47. The highest BCUT2D eigenvalue weighted by molar-refractivity contribution is 9.10. The van der Waals surface area contributed by atoms with Crippen LogP contribution in [0.5, 0.6) is 5.75 Å². The van der Waals surface area contributed by atoms with Crippen molar-refractivity contribution in [1.82, 2.24) is 5.32 Å². The van der Waals surface area contributed by atoms with Crippen LogP contribution in [0.25, 0.3) is 0 Å². The van der Waals surface area contributed by atoms with Crippen LogP contribution >= 0.6 is 15.9 Å². The highest BCUT2D eigenvalue weighted by Crippen LogP contribution is 2.33. The molecule has 0 unspecified atom stereocenters. The van der Waals surface area contributed by atoms with Crippen LogP contribution in [0.2, 0.25) is 0 Å². The van der Waals surface area contributed by atoms with Gasteiger partial charge in [0.15, 0.2) is 0 Å². The van der Waals surface area contributed by atoms with Crippen molar-refractivity contribution in [1.29, 1.82) is 0 Å². The Bertz CT molecular complexity index is 396. The zero-order chi connectivity index (χ0) is 12.8. The number of benzene rings is 1. The van der Waals surface area contributed by atoms with Crippen LogP contribution < -0.4 is 10.1 Å². The van der Waals surface area contributed by atoms with E-state index in [1.807, 2.05) is 0 Å². The van der Waals surface area contributed by atoms with Gasteiger partial charge in [0, 0.05) is 24.5 Å². The minimum Gasteiger partial charge on any atom is -0.493 e. The molecule has 2 rings (SSSR count). The number of methoxy groups -OCH3 is 1.